The van der Waals surface area contributed by atoms with Crippen LogP contribution >= 0.6 is 0 Å². The number of allylic oxidation sites excluding steroid dienone is 1. The van der Waals surface area contributed by atoms with Gasteiger partial charge in [-0.2, -0.15) is 0 Å². The van der Waals surface area contributed by atoms with Crippen LogP contribution in [-0.2, 0) is 9.59 Å². The molecule has 0 aromatic heterocycles. The van der Waals surface area contributed by atoms with Crippen LogP contribution in [0.3, 0.4) is 0 Å². The molecule has 60 valence electrons. The molecule has 0 radical (unpaired) electrons. The zero-order valence-corrected chi connectivity index (χ0v) is 6.34. The number of Topliss-reactive ketones (excluding diaryl/α,β-unsaturated/α-hetero) is 1. The quantitative estimate of drug-likeness (QED) is 0.525. The Kier molecular flexibility index (Phi) is 1.91. The first-order valence-corrected chi connectivity index (χ1v) is 3.15. The molecule has 1 heterocycles. The Morgan fingerprint density at radius 2 is 2.09 bits per heavy atom. The van der Waals surface area contributed by atoms with Crippen molar-refractivity contribution in [1.82, 2.24) is 16.0 Å². The predicted octanol–water partition coefficient (Wildman–Crippen LogP) is -0.712. The first-order chi connectivity index (χ1) is 5.11. The Bertz CT molecular complexity index is 234. The molecule has 0 bridgehead atoms. The fourth-order valence-electron chi connectivity index (χ4n) is 0.663. The maximum Gasteiger partial charge on any atom is 0.239 e. The van der Waals surface area contributed by atoms with Crippen molar-refractivity contribution >= 4 is 11.7 Å². The first-order valence-electron chi connectivity index (χ1n) is 3.15. The van der Waals surface area contributed by atoms with Crippen LogP contribution in [0.25, 0.3) is 0 Å². The van der Waals surface area contributed by atoms with Crippen molar-refractivity contribution in [3.05, 3.63) is 11.9 Å². The Hall–Kier alpha value is -1.36. The number of nitrogens with zero attached hydrogens (tertiary/aromatic N) is 1. The van der Waals surface area contributed by atoms with E-state index in [2.05, 4.69) is 11.0 Å². The van der Waals surface area contributed by atoms with E-state index < -0.39 is 0 Å². The topological polar surface area (TPSA) is 61.4 Å². The van der Waals surface area contributed by atoms with Gasteiger partial charge in [-0.25, -0.2) is 5.01 Å². The predicted molar refractivity (Wildman–Crippen MR) is 37.6 cm³/mol. The van der Waals surface area contributed by atoms with Gasteiger partial charge in [-0.1, -0.05) is 0 Å². The molecule has 5 heteroatoms. The summed E-state index contributed by atoms with van der Waals surface area (Å²) >= 11 is 0. The van der Waals surface area contributed by atoms with Crippen LogP contribution < -0.4 is 11.0 Å². The van der Waals surface area contributed by atoms with E-state index in [0.29, 0.717) is 5.70 Å². The third-order valence-corrected chi connectivity index (χ3v) is 1.29. The smallest absolute Gasteiger partial charge is 0.239 e. The summed E-state index contributed by atoms with van der Waals surface area (Å²) in [5, 5.41) is 1.21. The number of hydrogen-bond donors (Lipinski definition) is 2. The molecule has 0 spiro atoms. The van der Waals surface area contributed by atoms with Crippen molar-refractivity contribution in [2.24, 2.45) is 0 Å². The molecule has 0 saturated heterocycles. The molecule has 1 amide bonds. The molecule has 1 aliphatic rings. The lowest BCUT2D eigenvalue weighted by molar-refractivity contribution is -0.128. The number of ketones is 1. The highest BCUT2D eigenvalue weighted by molar-refractivity contribution is 5.93. The molecule has 0 aromatic carbocycles. The zero-order chi connectivity index (χ0) is 8.43. The minimum Gasteiger partial charge on any atom is -0.299 e. The minimum atomic E-state index is -0.172. The van der Waals surface area contributed by atoms with Crippen molar-refractivity contribution in [1.29, 1.82) is 0 Å². The monoisotopic (exact) mass is 155 g/mol. The highest BCUT2D eigenvalue weighted by atomic mass is 16.2. The van der Waals surface area contributed by atoms with Crippen LogP contribution in [0.2, 0.25) is 0 Å². The van der Waals surface area contributed by atoms with Gasteiger partial charge >= 0.3 is 0 Å². The Morgan fingerprint density at radius 1 is 1.45 bits per heavy atom. The Balaban J connectivity index is 2.68. The second kappa shape index (κ2) is 2.71. The second-order valence-electron chi connectivity index (χ2n) is 2.22. The van der Waals surface area contributed by atoms with Crippen LogP contribution in [0, 0.1) is 0 Å². The van der Waals surface area contributed by atoms with Crippen LogP contribution in [0.1, 0.15) is 13.8 Å². The average Bonchev–Trinajstić information content (AvgIpc) is 2.33. The fourth-order valence-corrected chi connectivity index (χ4v) is 0.663. The molecule has 0 aromatic rings. The van der Waals surface area contributed by atoms with E-state index in [9.17, 15) is 9.59 Å². The molecule has 0 unspecified atom stereocenters. The molecular weight excluding hydrogens is 146 g/mol. The van der Waals surface area contributed by atoms with E-state index in [-0.39, 0.29) is 11.7 Å². The Morgan fingerprint density at radius 3 is 2.36 bits per heavy atom. The summed E-state index contributed by atoms with van der Waals surface area (Å²) in [7, 11) is 0. The number of carbonyl (C=O) groups is 2. The van der Waals surface area contributed by atoms with Crippen LogP contribution in [0.4, 0.5) is 0 Å². The normalized spacial score (nSPS) is 15.8. The van der Waals surface area contributed by atoms with Crippen LogP contribution in [0.15, 0.2) is 11.9 Å². The van der Waals surface area contributed by atoms with Crippen molar-refractivity contribution in [3.8, 4) is 0 Å². The van der Waals surface area contributed by atoms with E-state index in [4.69, 9.17) is 0 Å². The maximum absolute atomic E-state index is 10.7. The average molecular weight is 155 g/mol. The van der Waals surface area contributed by atoms with Crippen molar-refractivity contribution in [2.75, 3.05) is 0 Å². The zero-order valence-electron chi connectivity index (χ0n) is 6.34. The van der Waals surface area contributed by atoms with Gasteiger partial charge in [-0.05, 0) is 0 Å². The molecule has 1 rings (SSSR count). The lowest BCUT2D eigenvalue weighted by Gasteiger charge is -2.08. The number of nitrogens with one attached hydrogen (secondary N) is 2. The van der Waals surface area contributed by atoms with Crippen molar-refractivity contribution < 1.29 is 9.59 Å². The van der Waals surface area contributed by atoms with E-state index >= 15 is 0 Å². The molecule has 0 aliphatic carbocycles. The van der Waals surface area contributed by atoms with Gasteiger partial charge in [-0.3, -0.25) is 15.0 Å². The van der Waals surface area contributed by atoms with Gasteiger partial charge < -0.3 is 0 Å². The number of rotatable bonds is 1. The molecule has 5 nitrogen and oxygen atoms in total. The SMILES string of the molecule is CC(=O)C1=CN(C(C)=O)NN1. The van der Waals surface area contributed by atoms with E-state index in [1.54, 1.807) is 0 Å². The summed E-state index contributed by atoms with van der Waals surface area (Å²) in [5.74, 6) is -0.282. The summed E-state index contributed by atoms with van der Waals surface area (Å²) in [6.07, 6.45) is 1.42. The Labute approximate surface area is 64.0 Å². The highest BCUT2D eigenvalue weighted by Crippen LogP contribution is 1.99. The molecule has 0 atom stereocenters. The molecule has 2 N–H and O–H groups in total. The van der Waals surface area contributed by atoms with Gasteiger partial charge in [0.15, 0.2) is 5.78 Å². The maximum atomic E-state index is 10.7. The summed E-state index contributed by atoms with van der Waals surface area (Å²) in [5.41, 5.74) is 5.45. The van der Waals surface area contributed by atoms with E-state index in [1.807, 2.05) is 0 Å². The first kappa shape index (κ1) is 7.74. The molecule has 0 fully saturated rings. The number of hydrogen-bond acceptors (Lipinski definition) is 4. The van der Waals surface area contributed by atoms with Crippen molar-refractivity contribution in [2.45, 2.75) is 13.8 Å². The van der Waals surface area contributed by atoms with Crippen LogP contribution in [0.5, 0.6) is 0 Å². The third-order valence-electron chi connectivity index (χ3n) is 1.29. The van der Waals surface area contributed by atoms with Gasteiger partial charge in [0.05, 0.1) is 6.20 Å². The molecule has 0 saturated carbocycles. The summed E-state index contributed by atoms with van der Waals surface area (Å²) in [6, 6.07) is 0. The standard InChI is InChI=1S/C6H9N3O2/c1-4(10)6-3-9(5(2)11)8-7-6/h3,7-8H,1-2H3. The lowest BCUT2D eigenvalue weighted by Crippen LogP contribution is -2.39. The summed E-state index contributed by atoms with van der Waals surface area (Å²) in [6.45, 7) is 2.82. The summed E-state index contributed by atoms with van der Waals surface area (Å²) < 4.78 is 0. The second-order valence-corrected chi connectivity index (χ2v) is 2.22. The number of carbonyl (C=O) groups excluding carboxylic acids is 2. The molecular formula is C6H9N3O2. The minimum absolute atomic E-state index is 0.110. The fraction of sp³-hybridized carbons (Fsp3) is 0.333. The van der Waals surface area contributed by atoms with Gasteiger partial charge in [0.25, 0.3) is 0 Å². The number of hydrazine groups is 2. The third kappa shape index (κ3) is 1.56. The molecule has 1 aliphatic heterocycles. The largest absolute Gasteiger partial charge is 0.299 e. The summed E-state index contributed by atoms with van der Waals surface area (Å²) in [4.78, 5) is 21.4. The van der Waals surface area contributed by atoms with Gasteiger partial charge in [-0.15, -0.1) is 5.53 Å². The van der Waals surface area contributed by atoms with Gasteiger partial charge in [0.1, 0.15) is 5.70 Å². The van der Waals surface area contributed by atoms with Gasteiger partial charge in [0.2, 0.25) is 5.91 Å². The lowest BCUT2D eigenvalue weighted by atomic mass is 10.3. The highest BCUT2D eigenvalue weighted by Gasteiger charge is 2.16. The van der Waals surface area contributed by atoms with Gasteiger partial charge in [0, 0.05) is 13.8 Å². The number of amides is 1. The van der Waals surface area contributed by atoms with Crippen molar-refractivity contribution in [3.63, 3.8) is 0 Å². The van der Waals surface area contributed by atoms with E-state index in [1.165, 1.54) is 25.1 Å². The molecule has 11 heavy (non-hydrogen) atoms. The van der Waals surface area contributed by atoms with E-state index in [0.717, 1.165) is 0 Å². The van der Waals surface area contributed by atoms with Crippen LogP contribution in [-0.4, -0.2) is 16.7 Å².